The Bertz CT molecular complexity index is 403. The highest BCUT2D eigenvalue weighted by Crippen LogP contribution is 2.13. The Hall–Kier alpha value is -0.870. The topological polar surface area (TPSA) is 38.3 Å². The molecule has 1 N–H and O–H groups in total. The van der Waals surface area contributed by atoms with Crippen molar-refractivity contribution in [3.63, 3.8) is 0 Å². The maximum absolute atomic E-state index is 11.7. The highest BCUT2D eigenvalue weighted by atomic mass is 79.9. The zero-order valence-electron chi connectivity index (χ0n) is 10.3. The van der Waals surface area contributed by atoms with Crippen LogP contribution in [0.4, 0.5) is 0 Å². The Morgan fingerprint density at radius 3 is 3.11 bits per heavy atom. The Balaban J connectivity index is 1.65. The molecule has 0 unspecified atom stereocenters. The van der Waals surface area contributed by atoms with Crippen LogP contribution in [0.1, 0.15) is 18.4 Å². The minimum atomic E-state index is 0.0656. The average molecular weight is 312 g/mol. The predicted octanol–water partition coefficient (Wildman–Crippen LogP) is 2.53. The highest BCUT2D eigenvalue weighted by Gasteiger charge is 2.22. The molecule has 1 aliphatic heterocycles. The Morgan fingerprint density at radius 1 is 1.50 bits per heavy atom. The molecule has 1 amide bonds. The van der Waals surface area contributed by atoms with E-state index in [0.717, 1.165) is 36.9 Å². The summed E-state index contributed by atoms with van der Waals surface area (Å²) < 4.78 is 6.30. The van der Waals surface area contributed by atoms with Gasteiger partial charge in [0, 0.05) is 17.6 Å². The van der Waals surface area contributed by atoms with E-state index in [4.69, 9.17) is 4.74 Å². The number of nitrogens with one attached hydrogen (secondary N) is 1. The second-order valence-corrected chi connectivity index (χ2v) is 5.50. The summed E-state index contributed by atoms with van der Waals surface area (Å²) in [6.07, 6.45) is 2.81. The average Bonchev–Trinajstić information content (AvgIpc) is 2.88. The number of carbonyl (C=O) groups is 1. The molecule has 4 heteroatoms. The van der Waals surface area contributed by atoms with Crippen molar-refractivity contribution in [1.29, 1.82) is 0 Å². The van der Waals surface area contributed by atoms with Gasteiger partial charge in [-0.25, -0.2) is 0 Å². The number of hydrogen-bond donors (Lipinski definition) is 1. The number of aryl methyl sites for hydroxylation is 1. The van der Waals surface area contributed by atoms with E-state index < -0.39 is 0 Å². The molecule has 0 saturated carbocycles. The van der Waals surface area contributed by atoms with Gasteiger partial charge in [-0.15, -0.1) is 0 Å². The second-order valence-electron chi connectivity index (χ2n) is 4.59. The zero-order valence-corrected chi connectivity index (χ0v) is 11.9. The largest absolute Gasteiger partial charge is 0.381 e. The van der Waals surface area contributed by atoms with Gasteiger partial charge in [0.1, 0.15) is 0 Å². The van der Waals surface area contributed by atoms with Crippen molar-refractivity contribution >= 4 is 21.8 Å². The maximum atomic E-state index is 11.7. The van der Waals surface area contributed by atoms with E-state index in [0.29, 0.717) is 6.61 Å². The molecule has 1 heterocycles. The molecule has 1 saturated heterocycles. The fraction of sp³-hybridized carbons (Fsp3) is 0.500. The van der Waals surface area contributed by atoms with Gasteiger partial charge in [-0.3, -0.25) is 4.79 Å². The SMILES string of the molecule is O=C(NCCCc1cccc(Br)c1)[C@H]1CCOC1. The number of carbonyl (C=O) groups excluding carboxylic acids is 1. The van der Waals surface area contributed by atoms with Gasteiger partial charge < -0.3 is 10.1 Å². The van der Waals surface area contributed by atoms with Crippen LogP contribution in [0.25, 0.3) is 0 Å². The summed E-state index contributed by atoms with van der Waals surface area (Å²) in [5.74, 6) is 0.206. The Morgan fingerprint density at radius 2 is 2.39 bits per heavy atom. The number of rotatable bonds is 5. The third-order valence-corrected chi connectivity index (χ3v) is 3.62. The van der Waals surface area contributed by atoms with Crippen LogP contribution in [-0.2, 0) is 16.0 Å². The second kappa shape index (κ2) is 6.90. The van der Waals surface area contributed by atoms with Crippen molar-refractivity contribution in [3.05, 3.63) is 34.3 Å². The molecule has 2 rings (SSSR count). The molecule has 0 aliphatic carbocycles. The molecule has 0 aromatic heterocycles. The van der Waals surface area contributed by atoms with E-state index in [-0.39, 0.29) is 11.8 Å². The Labute approximate surface area is 116 Å². The van der Waals surface area contributed by atoms with E-state index in [1.807, 2.05) is 12.1 Å². The fourth-order valence-electron chi connectivity index (χ4n) is 2.08. The third kappa shape index (κ3) is 4.10. The number of ether oxygens (including phenoxy) is 1. The molecule has 0 radical (unpaired) electrons. The van der Waals surface area contributed by atoms with E-state index in [9.17, 15) is 4.79 Å². The number of halogens is 1. The van der Waals surface area contributed by atoms with Crippen LogP contribution in [0.5, 0.6) is 0 Å². The van der Waals surface area contributed by atoms with Crippen molar-refractivity contribution in [2.24, 2.45) is 5.92 Å². The lowest BCUT2D eigenvalue weighted by Crippen LogP contribution is -2.31. The zero-order chi connectivity index (χ0) is 12.8. The summed E-state index contributed by atoms with van der Waals surface area (Å²) in [6.45, 7) is 2.04. The molecule has 3 nitrogen and oxygen atoms in total. The summed E-state index contributed by atoms with van der Waals surface area (Å²) >= 11 is 3.46. The van der Waals surface area contributed by atoms with E-state index in [2.05, 4.69) is 33.4 Å². The summed E-state index contributed by atoms with van der Waals surface area (Å²) in [5.41, 5.74) is 1.29. The smallest absolute Gasteiger partial charge is 0.225 e. The van der Waals surface area contributed by atoms with Crippen LogP contribution in [0, 0.1) is 5.92 Å². The number of amides is 1. The van der Waals surface area contributed by atoms with Gasteiger partial charge in [-0.1, -0.05) is 28.1 Å². The molecule has 1 atom stereocenters. The van der Waals surface area contributed by atoms with Crippen LogP contribution < -0.4 is 5.32 Å². The van der Waals surface area contributed by atoms with Gasteiger partial charge in [0.2, 0.25) is 5.91 Å². The first-order valence-electron chi connectivity index (χ1n) is 6.35. The summed E-state index contributed by atoms with van der Waals surface area (Å²) in [7, 11) is 0. The van der Waals surface area contributed by atoms with Crippen molar-refractivity contribution in [2.75, 3.05) is 19.8 Å². The van der Waals surface area contributed by atoms with Gasteiger partial charge >= 0.3 is 0 Å². The van der Waals surface area contributed by atoms with Gasteiger partial charge in [-0.05, 0) is 37.0 Å². The molecule has 0 bridgehead atoms. The first kappa shape index (κ1) is 13.6. The molecule has 1 aromatic rings. The summed E-state index contributed by atoms with van der Waals surface area (Å²) in [4.78, 5) is 11.7. The lowest BCUT2D eigenvalue weighted by Gasteiger charge is -2.09. The molecule has 98 valence electrons. The van der Waals surface area contributed by atoms with Crippen molar-refractivity contribution in [3.8, 4) is 0 Å². The molecular weight excluding hydrogens is 294 g/mol. The minimum Gasteiger partial charge on any atom is -0.381 e. The minimum absolute atomic E-state index is 0.0656. The van der Waals surface area contributed by atoms with Crippen LogP contribution in [0.15, 0.2) is 28.7 Å². The van der Waals surface area contributed by atoms with Crippen molar-refractivity contribution in [2.45, 2.75) is 19.3 Å². The van der Waals surface area contributed by atoms with E-state index in [1.54, 1.807) is 0 Å². The lowest BCUT2D eigenvalue weighted by molar-refractivity contribution is -0.124. The first-order valence-corrected chi connectivity index (χ1v) is 7.15. The first-order chi connectivity index (χ1) is 8.75. The van der Waals surface area contributed by atoms with Crippen LogP contribution in [-0.4, -0.2) is 25.7 Å². The molecule has 18 heavy (non-hydrogen) atoms. The van der Waals surface area contributed by atoms with Crippen LogP contribution >= 0.6 is 15.9 Å². The van der Waals surface area contributed by atoms with Crippen LogP contribution in [0.3, 0.4) is 0 Å². The molecule has 1 aromatic carbocycles. The number of benzene rings is 1. The van der Waals surface area contributed by atoms with Gasteiger partial charge in [-0.2, -0.15) is 0 Å². The van der Waals surface area contributed by atoms with Crippen molar-refractivity contribution < 1.29 is 9.53 Å². The number of hydrogen-bond acceptors (Lipinski definition) is 2. The molecule has 1 fully saturated rings. The summed E-state index contributed by atoms with van der Waals surface area (Å²) in [6, 6.07) is 8.28. The fourth-order valence-corrected chi connectivity index (χ4v) is 2.53. The van der Waals surface area contributed by atoms with Gasteiger partial charge in [0.25, 0.3) is 0 Å². The highest BCUT2D eigenvalue weighted by molar-refractivity contribution is 9.10. The summed E-state index contributed by atoms with van der Waals surface area (Å²) in [5, 5.41) is 2.98. The Kier molecular flexibility index (Phi) is 5.20. The molecule has 1 aliphatic rings. The third-order valence-electron chi connectivity index (χ3n) is 3.13. The molecular formula is C14H18BrNO2. The van der Waals surface area contributed by atoms with Gasteiger partial charge in [0.15, 0.2) is 0 Å². The molecule has 0 spiro atoms. The predicted molar refractivity (Wildman–Crippen MR) is 74.4 cm³/mol. The van der Waals surface area contributed by atoms with E-state index in [1.165, 1.54) is 5.56 Å². The van der Waals surface area contributed by atoms with Gasteiger partial charge in [0.05, 0.1) is 12.5 Å². The van der Waals surface area contributed by atoms with E-state index >= 15 is 0 Å². The van der Waals surface area contributed by atoms with Crippen molar-refractivity contribution in [1.82, 2.24) is 5.32 Å². The monoisotopic (exact) mass is 311 g/mol. The standard InChI is InChI=1S/C14H18BrNO2/c15-13-5-1-3-11(9-13)4-2-7-16-14(17)12-6-8-18-10-12/h1,3,5,9,12H,2,4,6-8,10H2,(H,16,17)/t12-/m0/s1. The van der Waals surface area contributed by atoms with Crippen LogP contribution in [0.2, 0.25) is 0 Å². The normalized spacial score (nSPS) is 18.8. The maximum Gasteiger partial charge on any atom is 0.225 e. The lowest BCUT2D eigenvalue weighted by atomic mass is 10.1. The quantitative estimate of drug-likeness (QED) is 0.849.